The van der Waals surface area contributed by atoms with Crippen molar-refractivity contribution in [3.05, 3.63) is 12.2 Å². The van der Waals surface area contributed by atoms with Gasteiger partial charge in [-0.15, -0.1) is 0 Å². The van der Waals surface area contributed by atoms with Crippen molar-refractivity contribution in [1.82, 2.24) is 0 Å². The molecule has 2 heteroatoms. The fourth-order valence-corrected chi connectivity index (χ4v) is 0.995. The van der Waals surface area contributed by atoms with E-state index in [1.54, 1.807) is 6.92 Å². The number of ether oxygens (including phenoxy) is 1. The highest BCUT2D eigenvalue weighted by molar-refractivity contribution is 5.87. The second-order valence-electron chi connectivity index (χ2n) is 3.63. The monoisotopic (exact) mass is 170 g/mol. The summed E-state index contributed by atoms with van der Waals surface area (Å²) in [5.41, 5.74) is 0.464. The van der Waals surface area contributed by atoms with E-state index < -0.39 is 0 Å². The minimum absolute atomic E-state index is 0.00537. The smallest absolute Gasteiger partial charge is 0.333 e. The van der Waals surface area contributed by atoms with Gasteiger partial charge in [0.05, 0.1) is 6.10 Å². The molecule has 0 aromatic carbocycles. The molecule has 12 heavy (non-hydrogen) atoms. The minimum atomic E-state index is -0.289. The van der Waals surface area contributed by atoms with Gasteiger partial charge in [-0.3, -0.25) is 0 Å². The molecule has 0 saturated carbocycles. The Labute approximate surface area is 74.6 Å². The molecule has 0 N–H and O–H groups in total. The van der Waals surface area contributed by atoms with Crippen LogP contribution in [-0.2, 0) is 9.53 Å². The molecule has 0 aliphatic rings. The van der Waals surface area contributed by atoms with Crippen molar-refractivity contribution in [2.45, 2.75) is 40.2 Å². The molecular weight excluding hydrogens is 152 g/mol. The first-order valence-corrected chi connectivity index (χ1v) is 4.30. The summed E-state index contributed by atoms with van der Waals surface area (Å²) in [6.07, 6.45) is 0.896. The summed E-state index contributed by atoms with van der Waals surface area (Å²) >= 11 is 0. The molecule has 0 saturated heterocycles. The summed E-state index contributed by atoms with van der Waals surface area (Å²) < 4.78 is 5.08. The van der Waals surface area contributed by atoms with Crippen LogP contribution in [-0.4, -0.2) is 12.1 Å². The molecule has 0 aromatic heterocycles. The Morgan fingerprint density at radius 1 is 1.42 bits per heavy atom. The van der Waals surface area contributed by atoms with Crippen LogP contribution in [0.25, 0.3) is 0 Å². The lowest BCUT2D eigenvalue weighted by Crippen LogP contribution is -2.16. The highest BCUT2D eigenvalue weighted by atomic mass is 16.5. The number of hydrogen-bond acceptors (Lipinski definition) is 2. The maximum Gasteiger partial charge on any atom is 0.333 e. The zero-order chi connectivity index (χ0) is 9.72. The largest absolute Gasteiger partial charge is 0.459 e. The number of carbonyl (C=O) groups is 1. The Kier molecular flexibility index (Phi) is 4.64. The predicted molar refractivity (Wildman–Crippen MR) is 49.8 cm³/mol. The van der Waals surface area contributed by atoms with E-state index in [0.717, 1.165) is 6.42 Å². The SMILES string of the molecule is C=C(C)C(=O)O[C@@H](C)CC(C)C. The van der Waals surface area contributed by atoms with Gasteiger partial charge in [-0.1, -0.05) is 20.4 Å². The van der Waals surface area contributed by atoms with Crippen molar-refractivity contribution < 1.29 is 9.53 Å². The first-order valence-electron chi connectivity index (χ1n) is 4.30. The lowest BCUT2D eigenvalue weighted by Gasteiger charge is -2.14. The van der Waals surface area contributed by atoms with Crippen molar-refractivity contribution in [2.24, 2.45) is 5.92 Å². The van der Waals surface area contributed by atoms with Crippen LogP contribution in [0.5, 0.6) is 0 Å². The van der Waals surface area contributed by atoms with Crippen molar-refractivity contribution in [2.75, 3.05) is 0 Å². The van der Waals surface area contributed by atoms with Crippen LogP contribution in [0.4, 0.5) is 0 Å². The Bertz CT molecular complexity index is 171. The predicted octanol–water partition coefficient (Wildman–Crippen LogP) is 2.54. The number of rotatable bonds is 4. The maximum atomic E-state index is 11.0. The molecule has 0 unspecified atom stereocenters. The van der Waals surface area contributed by atoms with Crippen molar-refractivity contribution in [3.63, 3.8) is 0 Å². The van der Waals surface area contributed by atoms with Gasteiger partial charge in [0.25, 0.3) is 0 Å². The van der Waals surface area contributed by atoms with Gasteiger partial charge in [0, 0.05) is 5.57 Å². The van der Waals surface area contributed by atoms with E-state index in [1.165, 1.54) is 0 Å². The van der Waals surface area contributed by atoms with Crippen LogP contribution < -0.4 is 0 Å². The number of hydrogen-bond donors (Lipinski definition) is 0. The van der Waals surface area contributed by atoms with Gasteiger partial charge in [0.15, 0.2) is 0 Å². The molecule has 1 atom stereocenters. The first kappa shape index (κ1) is 11.2. The lowest BCUT2D eigenvalue weighted by molar-refractivity contribution is -0.143. The summed E-state index contributed by atoms with van der Waals surface area (Å²) in [5, 5.41) is 0. The van der Waals surface area contributed by atoms with Crippen LogP contribution in [0.2, 0.25) is 0 Å². The lowest BCUT2D eigenvalue weighted by atomic mass is 10.1. The van der Waals surface area contributed by atoms with Crippen LogP contribution in [0.1, 0.15) is 34.1 Å². The van der Waals surface area contributed by atoms with Gasteiger partial charge in [-0.05, 0) is 26.2 Å². The van der Waals surface area contributed by atoms with Gasteiger partial charge in [-0.25, -0.2) is 4.79 Å². The molecule has 0 aliphatic heterocycles. The summed E-state index contributed by atoms with van der Waals surface area (Å²) in [6, 6.07) is 0. The van der Waals surface area contributed by atoms with E-state index in [0.29, 0.717) is 11.5 Å². The Morgan fingerprint density at radius 2 is 1.92 bits per heavy atom. The van der Waals surface area contributed by atoms with Gasteiger partial charge in [-0.2, -0.15) is 0 Å². The fourth-order valence-electron chi connectivity index (χ4n) is 0.995. The summed E-state index contributed by atoms with van der Waals surface area (Å²) in [6.45, 7) is 11.3. The zero-order valence-electron chi connectivity index (χ0n) is 8.39. The van der Waals surface area contributed by atoms with Crippen LogP contribution in [0.3, 0.4) is 0 Å². The minimum Gasteiger partial charge on any atom is -0.459 e. The van der Waals surface area contributed by atoms with E-state index in [4.69, 9.17) is 4.74 Å². The molecule has 0 rings (SSSR count). The van der Waals surface area contributed by atoms with Crippen LogP contribution >= 0.6 is 0 Å². The maximum absolute atomic E-state index is 11.0. The average molecular weight is 170 g/mol. The average Bonchev–Trinajstić information content (AvgIpc) is 1.84. The highest BCUT2D eigenvalue weighted by Gasteiger charge is 2.10. The third-order valence-electron chi connectivity index (χ3n) is 1.46. The van der Waals surface area contributed by atoms with Gasteiger partial charge in [0.2, 0.25) is 0 Å². The fraction of sp³-hybridized carbons (Fsp3) is 0.700. The molecular formula is C10H18O2. The molecule has 0 aliphatic carbocycles. The molecule has 0 fully saturated rings. The molecule has 0 heterocycles. The van der Waals surface area contributed by atoms with E-state index in [1.807, 2.05) is 6.92 Å². The molecule has 0 radical (unpaired) electrons. The molecule has 0 spiro atoms. The van der Waals surface area contributed by atoms with Gasteiger partial charge < -0.3 is 4.74 Å². The summed E-state index contributed by atoms with van der Waals surface area (Å²) in [4.78, 5) is 11.0. The van der Waals surface area contributed by atoms with E-state index in [2.05, 4.69) is 20.4 Å². The van der Waals surface area contributed by atoms with Crippen LogP contribution in [0.15, 0.2) is 12.2 Å². The third kappa shape index (κ3) is 4.94. The zero-order valence-corrected chi connectivity index (χ0v) is 8.39. The first-order chi connectivity index (χ1) is 5.43. The number of esters is 1. The standard InChI is InChI=1S/C10H18O2/c1-7(2)6-9(5)12-10(11)8(3)4/h7,9H,3,6H2,1-2,4-5H3/t9-/m0/s1. The normalized spacial score (nSPS) is 12.8. The van der Waals surface area contributed by atoms with E-state index in [-0.39, 0.29) is 12.1 Å². The molecule has 70 valence electrons. The molecule has 2 nitrogen and oxygen atoms in total. The second-order valence-corrected chi connectivity index (χ2v) is 3.63. The number of carbonyl (C=O) groups excluding carboxylic acids is 1. The molecule has 0 aromatic rings. The van der Waals surface area contributed by atoms with E-state index in [9.17, 15) is 4.79 Å². The van der Waals surface area contributed by atoms with Crippen molar-refractivity contribution >= 4 is 5.97 Å². The highest BCUT2D eigenvalue weighted by Crippen LogP contribution is 2.08. The Balaban J connectivity index is 3.76. The quantitative estimate of drug-likeness (QED) is 0.478. The van der Waals surface area contributed by atoms with E-state index >= 15 is 0 Å². The van der Waals surface area contributed by atoms with Crippen molar-refractivity contribution in [3.8, 4) is 0 Å². The van der Waals surface area contributed by atoms with Crippen LogP contribution in [0, 0.1) is 5.92 Å². The van der Waals surface area contributed by atoms with Gasteiger partial charge in [0.1, 0.15) is 0 Å². The molecule has 0 bridgehead atoms. The second kappa shape index (κ2) is 4.96. The summed E-state index contributed by atoms with van der Waals surface area (Å²) in [5.74, 6) is 0.265. The summed E-state index contributed by atoms with van der Waals surface area (Å²) in [7, 11) is 0. The third-order valence-corrected chi connectivity index (χ3v) is 1.46. The Morgan fingerprint density at radius 3 is 2.25 bits per heavy atom. The van der Waals surface area contributed by atoms with Gasteiger partial charge >= 0.3 is 5.97 Å². The molecule has 0 amide bonds. The topological polar surface area (TPSA) is 26.3 Å². The Hall–Kier alpha value is -0.790. The van der Waals surface area contributed by atoms with Crippen molar-refractivity contribution in [1.29, 1.82) is 0 Å².